The lowest BCUT2D eigenvalue weighted by atomic mass is 9.98. The van der Waals surface area contributed by atoms with Gasteiger partial charge in [0.2, 0.25) is 0 Å². The molecule has 0 N–H and O–H groups in total. The SMILES string of the molecule is CCCc1cc(C)ccc1N1CCN(S(=O)CC)CC1c1ccc(Cl)cc1. The molecule has 27 heavy (non-hydrogen) atoms. The van der Waals surface area contributed by atoms with Crippen LogP contribution in [0.25, 0.3) is 0 Å². The summed E-state index contributed by atoms with van der Waals surface area (Å²) in [4.78, 5) is 2.50. The van der Waals surface area contributed by atoms with E-state index in [0.29, 0.717) is 5.75 Å². The minimum Gasteiger partial charge on any atom is -0.362 e. The molecule has 146 valence electrons. The molecule has 3 nitrogen and oxygen atoms in total. The van der Waals surface area contributed by atoms with Gasteiger partial charge in [0.15, 0.2) is 0 Å². The number of piperazine rings is 1. The molecule has 0 radical (unpaired) electrons. The molecule has 1 fully saturated rings. The van der Waals surface area contributed by atoms with Crippen molar-refractivity contribution in [1.82, 2.24) is 4.31 Å². The van der Waals surface area contributed by atoms with Crippen molar-refractivity contribution >= 4 is 28.3 Å². The molecule has 2 aromatic carbocycles. The zero-order valence-electron chi connectivity index (χ0n) is 16.5. The molecule has 1 aliphatic rings. The first kappa shape index (κ1) is 20.4. The molecule has 0 saturated carbocycles. The molecule has 0 aliphatic carbocycles. The van der Waals surface area contributed by atoms with Crippen molar-refractivity contribution in [3.8, 4) is 0 Å². The predicted molar refractivity (Wildman–Crippen MR) is 117 cm³/mol. The predicted octanol–water partition coefficient (Wildman–Crippen LogP) is 5.15. The number of nitrogens with zero attached hydrogens (tertiary/aromatic N) is 2. The highest BCUT2D eigenvalue weighted by molar-refractivity contribution is 7.82. The van der Waals surface area contributed by atoms with E-state index < -0.39 is 11.0 Å². The van der Waals surface area contributed by atoms with Crippen molar-refractivity contribution in [1.29, 1.82) is 0 Å². The van der Waals surface area contributed by atoms with Crippen molar-refractivity contribution in [2.24, 2.45) is 0 Å². The summed E-state index contributed by atoms with van der Waals surface area (Å²) < 4.78 is 14.6. The molecule has 2 unspecified atom stereocenters. The Labute approximate surface area is 170 Å². The van der Waals surface area contributed by atoms with Crippen molar-refractivity contribution < 1.29 is 4.21 Å². The highest BCUT2D eigenvalue weighted by Gasteiger charge is 2.31. The Kier molecular flexibility index (Phi) is 6.96. The van der Waals surface area contributed by atoms with Crippen molar-refractivity contribution in [3.05, 3.63) is 64.2 Å². The van der Waals surface area contributed by atoms with Gasteiger partial charge in [-0.3, -0.25) is 0 Å². The van der Waals surface area contributed by atoms with Gasteiger partial charge < -0.3 is 4.90 Å². The maximum Gasteiger partial charge on any atom is 0.0941 e. The molecular formula is C22H29ClN2OS. The molecule has 1 heterocycles. The third-order valence-corrected chi connectivity index (χ3v) is 6.85. The van der Waals surface area contributed by atoms with Crippen LogP contribution in [0.4, 0.5) is 5.69 Å². The van der Waals surface area contributed by atoms with Gasteiger partial charge in [0.25, 0.3) is 0 Å². The van der Waals surface area contributed by atoms with Crippen molar-refractivity contribution in [2.45, 2.75) is 39.7 Å². The van der Waals surface area contributed by atoms with E-state index in [9.17, 15) is 4.21 Å². The van der Waals surface area contributed by atoms with Gasteiger partial charge >= 0.3 is 0 Å². The number of rotatable bonds is 6. The Balaban J connectivity index is 1.99. The molecule has 2 atom stereocenters. The summed E-state index contributed by atoms with van der Waals surface area (Å²) in [6, 6.07) is 15.1. The third kappa shape index (κ3) is 4.74. The fraction of sp³-hybridized carbons (Fsp3) is 0.455. The van der Waals surface area contributed by atoms with E-state index in [0.717, 1.165) is 37.5 Å². The van der Waals surface area contributed by atoms with E-state index in [1.165, 1.54) is 22.4 Å². The van der Waals surface area contributed by atoms with Crippen LogP contribution in [0.1, 0.15) is 43.0 Å². The zero-order valence-corrected chi connectivity index (χ0v) is 18.0. The van der Waals surface area contributed by atoms with Gasteiger partial charge in [0, 0.05) is 36.1 Å². The van der Waals surface area contributed by atoms with Crippen LogP contribution >= 0.6 is 11.6 Å². The monoisotopic (exact) mass is 404 g/mol. The largest absolute Gasteiger partial charge is 0.362 e. The zero-order chi connectivity index (χ0) is 19.4. The quantitative estimate of drug-likeness (QED) is 0.664. The highest BCUT2D eigenvalue weighted by atomic mass is 35.5. The van der Waals surface area contributed by atoms with E-state index >= 15 is 0 Å². The van der Waals surface area contributed by atoms with Gasteiger partial charge in [-0.15, -0.1) is 0 Å². The average Bonchev–Trinajstić information content (AvgIpc) is 2.68. The molecule has 0 amide bonds. The Bertz CT molecular complexity index is 793. The summed E-state index contributed by atoms with van der Waals surface area (Å²) in [6.07, 6.45) is 2.20. The second-order valence-corrected chi connectivity index (χ2v) is 9.31. The summed E-state index contributed by atoms with van der Waals surface area (Å²) in [5, 5.41) is 0.747. The van der Waals surface area contributed by atoms with Crippen molar-refractivity contribution in [3.63, 3.8) is 0 Å². The minimum atomic E-state index is -0.915. The van der Waals surface area contributed by atoms with Gasteiger partial charge in [0.1, 0.15) is 0 Å². The molecule has 0 aromatic heterocycles. The first-order chi connectivity index (χ1) is 13.0. The van der Waals surface area contributed by atoms with E-state index in [4.69, 9.17) is 11.6 Å². The normalized spacial score (nSPS) is 19.3. The minimum absolute atomic E-state index is 0.171. The van der Waals surface area contributed by atoms with Crippen LogP contribution in [-0.4, -0.2) is 33.9 Å². The first-order valence-electron chi connectivity index (χ1n) is 9.78. The Morgan fingerprint density at radius 3 is 2.52 bits per heavy atom. The second kappa shape index (κ2) is 9.22. The molecule has 5 heteroatoms. The van der Waals surface area contributed by atoms with Crippen LogP contribution < -0.4 is 4.90 Å². The molecular weight excluding hydrogens is 376 g/mol. The van der Waals surface area contributed by atoms with Gasteiger partial charge in [0.05, 0.1) is 17.0 Å². The topological polar surface area (TPSA) is 23.6 Å². The molecule has 1 aliphatic heterocycles. The van der Waals surface area contributed by atoms with Crippen molar-refractivity contribution in [2.75, 3.05) is 30.3 Å². The lowest BCUT2D eigenvalue weighted by Gasteiger charge is -2.43. The molecule has 0 spiro atoms. The van der Waals surface area contributed by atoms with E-state index in [1.54, 1.807) is 0 Å². The average molecular weight is 405 g/mol. The van der Waals surface area contributed by atoms with Gasteiger partial charge in [-0.05, 0) is 42.7 Å². The molecule has 1 saturated heterocycles. The standard InChI is InChI=1S/C22H29ClN2OS/c1-4-6-19-15-17(3)7-12-21(19)25-14-13-24(27(26)5-2)16-22(25)18-8-10-20(23)11-9-18/h7-12,15,22H,4-6,13-14,16H2,1-3H3. The summed E-state index contributed by atoms with van der Waals surface area (Å²) in [5.74, 6) is 0.666. The fourth-order valence-electron chi connectivity index (χ4n) is 3.85. The first-order valence-corrected chi connectivity index (χ1v) is 11.4. The maximum atomic E-state index is 12.5. The summed E-state index contributed by atoms with van der Waals surface area (Å²) in [6.45, 7) is 8.83. The van der Waals surface area contributed by atoms with Crippen LogP contribution in [0.15, 0.2) is 42.5 Å². The van der Waals surface area contributed by atoms with Crippen LogP contribution in [0, 0.1) is 6.92 Å². The van der Waals surface area contributed by atoms with Gasteiger partial charge in [-0.25, -0.2) is 8.51 Å². The third-order valence-electron chi connectivity index (χ3n) is 5.20. The summed E-state index contributed by atoms with van der Waals surface area (Å²) in [7, 11) is -0.915. The second-order valence-electron chi connectivity index (χ2n) is 7.14. The number of hydrogen-bond acceptors (Lipinski definition) is 2. The Morgan fingerprint density at radius 2 is 1.85 bits per heavy atom. The van der Waals surface area contributed by atoms with Crippen LogP contribution in [-0.2, 0) is 17.4 Å². The van der Waals surface area contributed by atoms with E-state index in [-0.39, 0.29) is 6.04 Å². The number of anilines is 1. The molecule has 3 rings (SSSR count). The number of benzene rings is 2. The number of halogens is 1. The number of aryl methyl sites for hydroxylation is 2. The van der Waals surface area contributed by atoms with E-state index in [1.807, 2.05) is 19.1 Å². The highest BCUT2D eigenvalue weighted by Crippen LogP contribution is 2.34. The molecule has 0 bridgehead atoms. The molecule has 2 aromatic rings. The summed E-state index contributed by atoms with van der Waals surface area (Å²) >= 11 is 6.12. The number of hydrogen-bond donors (Lipinski definition) is 0. The maximum absolute atomic E-state index is 12.5. The lowest BCUT2D eigenvalue weighted by molar-refractivity contribution is 0.352. The van der Waals surface area contributed by atoms with Gasteiger partial charge in [-0.2, -0.15) is 0 Å². The lowest BCUT2D eigenvalue weighted by Crippen LogP contribution is -2.49. The smallest absolute Gasteiger partial charge is 0.0941 e. The van der Waals surface area contributed by atoms with Gasteiger partial charge in [-0.1, -0.05) is 61.7 Å². The van der Waals surface area contributed by atoms with E-state index in [2.05, 4.69) is 53.4 Å². The fourth-order valence-corrected chi connectivity index (χ4v) is 4.93. The van der Waals surface area contributed by atoms with Crippen LogP contribution in [0.2, 0.25) is 5.02 Å². The Morgan fingerprint density at radius 1 is 1.11 bits per heavy atom. The summed E-state index contributed by atoms with van der Waals surface area (Å²) in [5.41, 5.74) is 5.24. The van der Waals surface area contributed by atoms with Crippen LogP contribution in [0.3, 0.4) is 0 Å². The Hall–Kier alpha value is -1.36. The van der Waals surface area contributed by atoms with Crippen LogP contribution in [0.5, 0.6) is 0 Å².